The molecule has 1 aromatic carbocycles. The Kier molecular flexibility index (Phi) is 4.75. The van der Waals surface area contributed by atoms with Crippen LogP contribution in [0, 0.1) is 6.92 Å². The summed E-state index contributed by atoms with van der Waals surface area (Å²) in [5, 5.41) is 21.8. The van der Waals surface area contributed by atoms with Gasteiger partial charge in [0.05, 0.1) is 11.3 Å². The van der Waals surface area contributed by atoms with Crippen molar-refractivity contribution >= 4 is 56.2 Å². The molecule has 0 spiro atoms. The number of aryl methyl sites for hydroxylation is 3. The Labute approximate surface area is 163 Å². The lowest BCUT2D eigenvalue weighted by Gasteiger charge is -2.01. The molecule has 3 aromatic heterocycles. The van der Waals surface area contributed by atoms with Crippen LogP contribution in [0.25, 0.3) is 22.1 Å². The molecule has 4 rings (SSSR count). The number of amides is 1. The maximum atomic E-state index is 12.1. The average Bonchev–Trinajstić information content (AvgIpc) is 3.21. The van der Waals surface area contributed by atoms with E-state index in [4.69, 9.17) is 0 Å². The van der Waals surface area contributed by atoms with Crippen LogP contribution in [0.15, 0.2) is 23.4 Å². The zero-order valence-corrected chi connectivity index (χ0v) is 16.7. The first-order valence-corrected chi connectivity index (χ1v) is 10.2. The molecular weight excluding hydrogens is 382 g/mol. The standard InChI is InChI=1S/C17H17N7OS2/c1-4-10-5-6-12-11(7-10)14-15(24(12)3)19-16(22-21-14)26-8-13(25)18-17-23-20-9(2)27-17/h5-7H,4,8H2,1-3H3,(H,18,23,25). The Morgan fingerprint density at radius 1 is 1.26 bits per heavy atom. The second-order valence-electron chi connectivity index (χ2n) is 5.99. The lowest BCUT2D eigenvalue weighted by atomic mass is 10.1. The van der Waals surface area contributed by atoms with Gasteiger partial charge in [-0.1, -0.05) is 36.1 Å². The van der Waals surface area contributed by atoms with Crippen LogP contribution in [-0.2, 0) is 18.3 Å². The molecule has 0 aliphatic heterocycles. The second kappa shape index (κ2) is 7.20. The van der Waals surface area contributed by atoms with Crippen LogP contribution in [0.4, 0.5) is 5.13 Å². The smallest absolute Gasteiger partial charge is 0.236 e. The molecule has 138 valence electrons. The van der Waals surface area contributed by atoms with Gasteiger partial charge >= 0.3 is 0 Å². The predicted molar refractivity (Wildman–Crippen MR) is 107 cm³/mol. The molecule has 10 heteroatoms. The minimum Gasteiger partial charge on any atom is -0.327 e. The van der Waals surface area contributed by atoms with Crippen molar-refractivity contribution in [1.29, 1.82) is 0 Å². The molecule has 0 saturated carbocycles. The Hall–Kier alpha value is -2.59. The van der Waals surface area contributed by atoms with E-state index < -0.39 is 0 Å². The first-order valence-electron chi connectivity index (χ1n) is 8.39. The Balaban J connectivity index is 1.55. The Morgan fingerprint density at radius 3 is 2.85 bits per heavy atom. The molecule has 0 aliphatic rings. The zero-order valence-electron chi connectivity index (χ0n) is 15.1. The molecule has 0 atom stereocenters. The highest BCUT2D eigenvalue weighted by Crippen LogP contribution is 2.27. The van der Waals surface area contributed by atoms with E-state index in [9.17, 15) is 4.79 Å². The van der Waals surface area contributed by atoms with Crippen LogP contribution >= 0.6 is 23.1 Å². The lowest BCUT2D eigenvalue weighted by Crippen LogP contribution is -2.14. The quantitative estimate of drug-likeness (QED) is 0.515. The number of anilines is 1. The number of rotatable bonds is 5. The molecule has 4 aromatic rings. The van der Waals surface area contributed by atoms with Gasteiger partial charge < -0.3 is 4.57 Å². The normalized spacial score (nSPS) is 11.4. The van der Waals surface area contributed by atoms with Crippen LogP contribution in [-0.4, -0.2) is 41.6 Å². The first-order chi connectivity index (χ1) is 13.0. The number of fused-ring (bicyclic) bond motifs is 3. The van der Waals surface area contributed by atoms with E-state index in [0.29, 0.717) is 10.3 Å². The maximum Gasteiger partial charge on any atom is 0.236 e. The lowest BCUT2D eigenvalue weighted by molar-refractivity contribution is -0.113. The van der Waals surface area contributed by atoms with Gasteiger partial charge in [0.25, 0.3) is 0 Å². The van der Waals surface area contributed by atoms with E-state index in [1.807, 2.05) is 18.5 Å². The van der Waals surface area contributed by atoms with Gasteiger partial charge in [0.15, 0.2) is 5.65 Å². The third-order valence-corrected chi connectivity index (χ3v) is 5.75. The van der Waals surface area contributed by atoms with E-state index in [-0.39, 0.29) is 11.7 Å². The van der Waals surface area contributed by atoms with Gasteiger partial charge in [-0.3, -0.25) is 10.1 Å². The number of carbonyl (C=O) groups is 1. The van der Waals surface area contributed by atoms with Gasteiger partial charge in [0.2, 0.25) is 16.2 Å². The van der Waals surface area contributed by atoms with Crippen molar-refractivity contribution in [1.82, 2.24) is 29.9 Å². The van der Waals surface area contributed by atoms with E-state index in [1.54, 1.807) is 0 Å². The van der Waals surface area contributed by atoms with Gasteiger partial charge in [-0.2, -0.15) is 0 Å². The summed E-state index contributed by atoms with van der Waals surface area (Å²) in [6.45, 7) is 3.96. The fourth-order valence-electron chi connectivity index (χ4n) is 2.80. The number of benzene rings is 1. The summed E-state index contributed by atoms with van der Waals surface area (Å²) in [5.41, 5.74) is 3.85. The number of hydrogen-bond acceptors (Lipinski definition) is 8. The van der Waals surface area contributed by atoms with E-state index in [1.165, 1.54) is 28.7 Å². The minimum atomic E-state index is -0.176. The molecular formula is C17H17N7OS2. The van der Waals surface area contributed by atoms with Crippen molar-refractivity contribution < 1.29 is 4.79 Å². The zero-order chi connectivity index (χ0) is 19.0. The SMILES string of the molecule is CCc1ccc2c(c1)c1nnc(SCC(=O)Nc3nnc(C)s3)nc1n2C. The van der Waals surface area contributed by atoms with Crippen LogP contribution in [0.3, 0.4) is 0 Å². The third-order valence-electron chi connectivity index (χ3n) is 4.16. The van der Waals surface area contributed by atoms with Crippen LogP contribution in [0.5, 0.6) is 0 Å². The third kappa shape index (κ3) is 3.50. The van der Waals surface area contributed by atoms with Crippen molar-refractivity contribution in [2.24, 2.45) is 7.05 Å². The number of nitrogens with one attached hydrogen (secondary N) is 1. The van der Waals surface area contributed by atoms with Crippen LogP contribution < -0.4 is 5.32 Å². The van der Waals surface area contributed by atoms with Gasteiger partial charge in [0.1, 0.15) is 10.5 Å². The van der Waals surface area contributed by atoms with E-state index in [2.05, 4.69) is 55.8 Å². The fourth-order valence-corrected chi connectivity index (χ4v) is 3.99. The highest BCUT2D eigenvalue weighted by atomic mass is 32.2. The Bertz CT molecular complexity index is 1150. The van der Waals surface area contributed by atoms with E-state index in [0.717, 1.165) is 33.5 Å². The van der Waals surface area contributed by atoms with Crippen molar-refractivity contribution in [2.45, 2.75) is 25.4 Å². The molecule has 8 nitrogen and oxygen atoms in total. The second-order valence-corrected chi connectivity index (χ2v) is 8.12. The fraction of sp³-hybridized carbons (Fsp3) is 0.294. The summed E-state index contributed by atoms with van der Waals surface area (Å²) >= 11 is 2.58. The van der Waals surface area contributed by atoms with Gasteiger partial charge in [-0.15, -0.1) is 20.4 Å². The molecule has 0 aliphatic carbocycles. The summed E-state index contributed by atoms with van der Waals surface area (Å²) in [4.78, 5) is 16.7. The summed E-state index contributed by atoms with van der Waals surface area (Å²) in [5.74, 6) is -0.0000812. The maximum absolute atomic E-state index is 12.1. The molecule has 0 bridgehead atoms. The molecule has 3 heterocycles. The Morgan fingerprint density at radius 2 is 2.11 bits per heavy atom. The van der Waals surface area contributed by atoms with Crippen LogP contribution in [0.2, 0.25) is 0 Å². The summed E-state index contributed by atoms with van der Waals surface area (Å²) in [6.07, 6.45) is 0.963. The van der Waals surface area contributed by atoms with Crippen LogP contribution in [0.1, 0.15) is 17.5 Å². The van der Waals surface area contributed by atoms with Gasteiger partial charge in [0, 0.05) is 12.4 Å². The van der Waals surface area contributed by atoms with Gasteiger partial charge in [-0.05, 0) is 31.0 Å². The summed E-state index contributed by atoms with van der Waals surface area (Å²) in [7, 11) is 1.96. The van der Waals surface area contributed by atoms with Crippen molar-refractivity contribution in [3.8, 4) is 0 Å². The number of aromatic nitrogens is 6. The topological polar surface area (TPSA) is 98.5 Å². The molecule has 27 heavy (non-hydrogen) atoms. The highest BCUT2D eigenvalue weighted by molar-refractivity contribution is 7.99. The molecule has 0 fully saturated rings. The number of thioether (sulfide) groups is 1. The molecule has 0 radical (unpaired) electrons. The number of hydrogen-bond donors (Lipinski definition) is 1. The summed E-state index contributed by atoms with van der Waals surface area (Å²) < 4.78 is 2.01. The average molecular weight is 400 g/mol. The van der Waals surface area contributed by atoms with Gasteiger partial charge in [-0.25, -0.2) is 4.98 Å². The monoisotopic (exact) mass is 399 g/mol. The summed E-state index contributed by atoms with van der Waals surface area (Å²) in [6, 6.07) is 6.34. The first kappa shape index (κ1) is 17.8. The number of nitrogens with zero attached hydrogens (tertiary/aromatic N) is 6. The van der Waals surface area contributed by atoms with E-state index >= 15 is 0 Å². The molecule has 0 saturated heterocycles. The van der Waals surface area contributed by atoms with Crippen molar-refractivity contribution in [3.63, 3.8) is 0 Å². The van der Waals surface area contributed by atoms with Crippen molar-refractivity contribution in [2.75, 3.05) is 11.1 Å². The highest BCUT2D eigenvalue weighted by Gasteiger charge is 2.14. The predicted octanol–water partition coefficient (Wildman–Crippen LogP) is 2.97. The number of carbonyl (C=O) groups excluding carboxylic acids is 1. The largest absolute Gasteiger partial charge is 0.327 e. The molecule has 0 unspecified atom stereocenters. The molecule has 1 N–H and O–H groups in total. The van der Waals surface area contributed by atoms with Crippen molar-refractivity contribution in [3.05, 3.63) is 28.8 Å². The molecule has 1 amide bonds. The minimum absolute atomic E-state index is 0.176.